The van der Waals surface area contributed by atoms with Crippen molar-refractivity contribution in [2.45, 2.75) is 18.9 Å². The van der Waals surface area contributed by atoms with Gasteiger partial charge in [0.05, 0.1) is 0 Å². The summed E-state index contributed by atoms with van der Waals surface area (Å²) in [5.74, 6) is 0. The molecule has 2 radical (unpaired) electrons. The molecule has 3 heteroatoms. The van der Waals surface area contributed by atoms with Gasteiger partial charge in [0.15, 0.2) is 6.29 Å². The molecule has 1 N–H and O–H groups in total. The molecule has 0 aromatic heterocycles. The molecule has 0 spiro atoms. The third kappa shape index (κ3) is 3.49. The highest BCUT2D eigenvalue weighted by Gasteiger charge is 1.99. The highest BCUT2D eigenvalue weighted by atomic mass is 16.3. The van der Waals surface area contributed by atoms with Crippen LogP contribution < -0.4 is 0 Å². The molecular weight excluding hydrogens is 108 g/mol. The fourth-order valence-electron chi connectivity index (χ4n) is 0.255. The van der Waals surface area contributed by atoms with Gasteiger partial charge in [-0.05, 0) is 6.42 Å². The zero-order valence-electron chi connectivity index (χ0n) is 4.26. The Kier molecular flexibility index (Phi) is 4.07. The van der Waals surface area contributed by atoms with Gasteiger partial charge in [0.25, 0.3) is 0 Å². The van der Waals surface area contributed by atoms with E-state index in [0.29, 0.717) is 0 Å². The van der Waals surface area contributed by atoms with Crippen LogP contribution in [0.15, 0.2) is 0 Å². The molecule has 0 aliphatic carbocycles. The second kappa shape index (κ2) is 4.46. The number of aliphatic hydroxyl groups excluding tert-OH is 1. The second-order valence-electron chi connectivity index (χ2n) is 1.32. The Balaban J connectivity index is 3.09. The lowest BCUT2D eigenvalue weighted by molar-refractivity contribution is 0.226. The second-order valence-corrected chi connectivity index (χ2v) is 1.32. The van der Waals surface area contributed by atoms with Crippen LogP contribution >= 0.6 is 0 Å². The van der Waals surface area contributed by atoms with E-state index in [1.54, 1.807) is 6.29 Å². The summed E-state index contributed by atoms with van der Waals surface area (Å²) < 4.78 is 0. The number of rotatable bonds is 4. The molecular formula is C5H6O3. The number of hydrogen-bond acceptors (Lipinski definition) is 3. The zero-order valence-corrected chi connectivity index (χ0v) is 4.26. The minimum Gasteiger partial charge on any atom is -0.385 e. The predicted molar refractivity (Wildman–Crippen MR) is 26.6 cm³/mol. The SMILES string of the molecule is O=[C]CCC(O)[C]=O. The summed E-state index contributed by atoms with van der Waals surface area (Å²) in [6.45, 7) is 0. The molecule has 1 unspecified atom stereocenters. The third-order valence-electron chi connectivity index (χ3n) is 0.656. The van der Waals surface area contributed by atoms with E-state index < -0.39 is 6.10 Å². The maximum Gasteiger partial charge on any atom is 0.229 e. The van der Waals surface area contributed by atoms with Crippen LogP contribution in [0.3, 0.4) is 0 Å². The van der Waals surface area contributed by atoms with E-state index in [9.17, 15) is 9.59 Å². The molecule has 0 amide bonds. The highest BCUT2D eigenvalue weighted by Crippen LogP contribution is 1.88. The first-order chi connectivity index (χ1) is 3.81. The summed E-state index contributed by atoms with van der Waals surface area (Å²) in [6.07, 6.45) is 1.98. The van der Waals surface area contributed by atoms with Crippen molar-refractivity contribution in [3.8, 4) is 0 Å². The Labute approximate surface area is 47.3 Å². The van der Waals surface area contributed by atoms with Crippen molar-refractivity contribution in [2.75, 3.05) is 0 Å². The summed E-state index contributed by atoms with van der Waals surface area (Å²) in [5.41, 5.74) is 0. The van der Waals surface area contributed by atoms with E-state index in [2.05, 4.69) is 0 Å². The first kappa shape index (κ1) is 7.30. The smallest absolute Gasteiger partial charge is 0.229 e. The van der Waals surface area contributed by atoms with Crippen LogP contribution in [-0.4, -0.2) is 23.8 Å². The molecule has 0 heterocycles. The monoisotopic (exact) mass is 114 g/mol. The molecule has 0 fully saturated rings. The van der Waals surface area contributed by atoms with Crippen molar-refractivity contribution in [1.82, 2.24) is 0 Å². The zero-order chi connectivity index (χ0) is 6.41. The molecule has 44 valence electrons. The van der Waals surface area contributed by atoms with Crippen LogP contribution in [0.25, 0.3) is 0 Å². The molecule has 0 bridgehead atoms. The van der Waals surface area contributed by atoms with Crippen molar-refractivity contribution in [2.24, 2.45) is 0 Å². The molecule has 0 saturated carbocycles. The van der Waals surface area contributed by atoms with Gasteiger partial charge in [0, 0.05) is 6.42 Å². The Hall–Kier alpha value is -0.700. The van der Waals surface area contributed by atoms with E-state index in [1.165, 1.54) is 6.29 Å². The molecule has 3 nitrogen and oxygen atoms in total. The van der Waals surface area contributed by atoms with Crippen molar-refractivity contribution in [1.29, 1.82) is 0 Å². The average molecular weight is 114 g/mol. The lowest BCUT2D eigenvalue weighted by atomic mass is 10.2. The molecule has 1 atom stereocenters. The van der Waals surface area contributed by atoms with Gasteiger partial charge in [-0.1, -0.05) is 0 Å². The quantitative estimate of drug-likeness (QED) is 0.528. The van der Waals surface area contributed by atoms with Crippen LogP contribution in [0.4, 0.5) is 0 Å². The van der Waals surface area contributed by atoms with Crippen LogP contribution in [0.1, 0.15) is 12.8 Å². The highest BCUT2D eigenvalue weighted by molar-refractivity contribution is 5.58. The van der Waals surface area contributed by atoms with Crippen LogP contribution in [0.2, 0.25) is 0 Å². The summed E-state index contributed by atoms with van der Waals surface area (Å²) in [5, 5.41) is 8.39. The molecule has 0 aromatic carbocycles. The van der Waals surface area contributed by atoms with Crippen molar-refractivity contribution >= 4 is 12.6 Å². The van der Waals surface area contributed by atoms with Gasteiger partial charge in [-0.3, -0.25) is 9.59 Å². The van der Waals surface area contributed by atoms with Crippen LogP contribution in [0.5, 0.6) is 0 Å². The van der Waals surface area contributed by atoms with Crippen molar-refractivity contribution in [3.05, 3.63) is 0 Å². The Morgan fingerprint density at radius 3 is 2.50 bits per heavy atom. The molecule has 0 aliphatic heterocycles. The summed E-state index contributed by atoms with van der Waals surface area (Å²) in [7, 11) is 0. The van der Waals surface area contributed by atoms with Gasteiger partial charge in [-0.15, -0.1) is 0 Å². The fraction of sp³-hybridized carbons (Fsp3) is 0.600. The van der Waals surface area contributed by atoms with E-state index in [4.69, 9.17) is 5.11 Å². The van der Waals surface area contributed by atoms with E-state index in [0.717, 1.165) is 0 Å². The minimum absolute atomic E-state index is 0.0937. The van der Waals surface area contributed by atoms with Gasteiger partial charge >= 0.3 is 0 Å². The third-order valence-corrected chi connectivity index (χ3v) is 0.656. The Bertz CT molecular complexity index is 79.7. The lowest BCUT2D eigenvalue weighted by Gasteiger charge is -1.92. The molecule has 0 rings (SSSR count). The molecule has 0 aromatic rings. The average Bonchev–Trinajstić information content (AvgIpc) is 1.83. The topological polar surface area (TPSA) is 54.4 Å². The van der Waals surface area contributed by atoms with Crippen molar-refractivity contribution in [3.63, 3.8) is 0 Å². The molecule has 8 heavy (non-hydrogen) atoms. The van der Waals surface area contributed by atoms with E-state index in [1.807, 2.05) is 0 Å². The van der Waals surface area contributed by atoms with E-state index >= 15 is 0 Å². The van der Waals surface area contributed by atoms with Crippen LogP contribution in [0, 0.1) is 0 Å². The summed E-state index contributed by atoms with van der Waals surface area (Å²) >= 11 is 0. The minimum atomic E-state index is -1.11. The number of aliphatic hydroxyl groups is 1. The van der Waals surface area contributed by atoms with Gasteiger partial charge in [-0.2, -0.15) is 0 Å². The first-order valence-electron chi connectivity index (χ1n) is 2.22. The lowest BCUT2D eigenvalue weighted by Crippen LogP contribution is -2.06. The maximum absolute atomic E-state index is 9.51. The first-order valence-corrected chi connectivity index (χ1v) is 2.22. The van der Waals surface area contributed by atoms with Gasteiger partial charge in [0.2, 0.25) is 6.29 Å². The van der Waals surface area contributed by atoms with Gasteiger partial charge in [0.1, 0.15) is 6.10 Å². The molecule has 0 saturated heterocycles. The summed E-state index contributed by atoms with van der Waals surface area (Å²) in [4.78, 5) is 19.0. The Morgan fingerprint density at radius 2 is 2.12 bits per heavy atom. The van der Waals surface area contributed by atoms with Crippen molar-refractivity contribution < 1.29 is 14.7 Å². The fourth-order valence-corrected chi connectivity index (χ4v) is 0.255. The largest absolute Gasteiger partial charge is 0.385 e. The molecule has 0 aliphatic rings. The number of carbonyl (C=O) groups excluding carboxylic acids is 2. The summed E-state index contributed by atoms with van der Waals surface area (Å²) in [6, 6.07) is 0. The van der Waals surface area contributed by atoms with Gasteiger partial charge < -0.3 is 5.11 Å². The van der Waals surface area contributed by atoms with Crippen LogP contribution in [-0.2, 0) is 9.59 Å². The Morgan fingerprint density at radius 1 is 1.50 bits per heavy atom. The van der Waals surface area contributed by atoms with Gasteiger partial charge in [-0.25, -0.2) is 0 Å². The maximum atomic E-state index is 9.51. The standard InChI is InChI=1S/C5H6O3/c6-3-1-2-5(8)4-7/h5,8H,1-2H2. The van der Waals surface area contributed by atoms with E-state index in [-0.39, 0.29) is 12.8 Å². The normalized spacial score (nSPS) is 12.6. The number of hydrogen-bond donors (Lipinski definition) is 1. The predicted octanol–water partition coefficient (Wildman–Crippen LogP) is -0.653.